The van der Waals surface area contributed by atoms with Gasteiger partial charge in [-0.05, 0) is 12.5 Å². The van der Waals surface area contributed by atoms with E-state index in [4.69, 9.17) is 0 Å². The lowest BCUT2D eigenvalue weighted by atomic mass is 10.2. The van der Waals surface area contributed by atoms with Crippen LogP contribution in [0.1, 0.15) is 13.3 Å². The Balaban J connectivity index is 3.49. The molecular formula is C6H7F2O2. The van der Waals surface area contributed by atoms with Crippen LogP contribution in [-0.4, -0.2) is 13.1 Å². The summed E-state index contributed by atoms with van der Waals surface area (Å²) in [5, 5.41) is 0. The lowest BCUT2D eigenvalue weighted by Gasteiger charge is -1.95. The molecule has 57 valence electrons. The van der Waals surface area contributed by atoms with Crippen LogP contribution < -0.4 is 0 Å². The van der Waals surface area contributed by atoms with E-state index in [1.54, 1.807) is 0 Å². The van der Waals surface area contributed by atoms with Crippen molar-refractivity contribution < 1.29 is 18.3 Å². The van der Waals surface area contributed by atoms with Crippen molar-refractivity contribution in [3.05, 3.63) is 11.7 Å². The molecule has 0 saturated heterocycles. The first-order chi connectivity index (χ1) is 4.68. The summed E-state index contributed by atoms with van der Waals surface area (Å²) in [6.45, 7) is 2.39. The third-order valence-corrected chi connectivity index (χ3v) is 0.961. The summed E-state index contributed by atoms with van der Waals surface area (Å²) in [6, 6.07) is 0. The summed E-state index contributed by atoms with van der Waals surface area (Å²) in [6.07, 6.45) is -1.65. The second-order valence-electron chi connectivity index (χ2n) is 1.72. The van der Waals surface area contributed by atoms with Crippen molar-refractivity contribution in [3.8, 4) is 0 Å². The molecule has 0 fully saturated rings. The van der Waals surface area contributed by atoms with Crippen LogP contribution in [0.3, 0.4) is 0 Å². The van der Waals surface area contributed by atoms with E-state index in [1.165, 1.54) is 6.92 Å². The first-order valence-corrected chi connectivity index (χ1v) is 2.68. The van der Waals surface area contributed by atoms with E-state index in [-0.39, 0.29) is 18.6 Å². The molecule has 0 aromatic heterocycles. The van der Waals surface area contributed by atoms with Gasteiger partial charge in [0.25, 0.3) is 6.08 Å². The van der Waals surface area contributed by atoms with Crippen LogP contribution in [0.2, 0.25) is 0 Å². The third-order valence-electron chi connectivity index (χ3n) is 0.961. The highest BCUT2D eigenvalue weighted by molar-refractivity contribution is 5.38. The van der Waals surface area contributed by atoms with Crippen LogP contribution in [-0.2, 0) is 9.53 Å². The van der Waals surface area contributed by atoms with Crippen LogP contribution in [0.5, 0.6) is 0 Å². The van der Waals surface area contributed by atoms with Gasteiger partial charge in [-0.15, -0.1) is 0 Å². The van der Waals surface area contributed by atoms with Gasteiger partial charge in [0, 0.05) is 6.42 Å². The van der Waals surface area contributed by atoms with Crippen molar-refractivity contribution >= 4 is 6.47 Å². The van der Waals surface area contributed by atoms with Gasteiger partial charge >= 0.3 is 6.47 Å². The molecule has 0 bridgehead atoms. The van der Waals surface area contributed by atoms with Crippen molar-refractivity contribution in [2.24, 2.45) is 0 Å². The van der Waals surface area contributed by atoms with E-state index in [9.17, 15) is 13.6 Å². The normalized spacial score (nSPS) is 8.70. The van der Waals surface area contributed by atoms with E-state index in [2.05, 4.69) is 4.74 Å². The van der Waals surface area contributed by atoms with Crippen molar-refractivity contribution in [1.29, 1.82) is 0 Å². The van der Waals surface area contributed by atoms with Crippen molar-refractivity contribution in [2.45, 2.75) is 13.3 Å². The second kappa shape index (κ2) is 4.90. The molecule has 10 heavy (non-hydrogen) atoms. The standard InChI is InChI=1S/C6H7F2O2/c1-5(6(7)8)2-3-10-4-9/h2-3H2,1H3. The fourth-order valence-electron chi connectivity index (χ4n) is 0.340. The summed E-state index contributed by atoms with van der Waals surface area (Å²) in [7, 11) is 0. The highest BCUT2D eigenvalue weighted by Gasteiger charge is 1.98. The lowest BCUT2D eigenvalue weighted by molar-refractivity contribution is 0.277. The van der Waals surface area contributed by atoms with E-state index in [1.807, 2.05) is 0 Å². The van der Waals surface area contributed by atoms with Crippen LogP contribution >= 0.6 is 0 Å². The number of ether oxygens (including phenoxy) is 1. The van der Waals surface area contributed by atoms with E-state index >= 15 is 0 Å². The molecule has 2 nitrogen and oxygen atoms in total. The molecule has 0 atom stereocenters. The Bertz CT molecular complexity index is 139. The molecule has 0 rings (SSSR count). The van der Waals surface area contributed by atoms with Gasteiger partial charge in [0.2, 0.25) is 0 Å². The molecule has 4 heteroatoms. The predicted molar refractivity (Wildman–Crippen MR) is 31.2 cm³/mol. The van der Waals surface area contributed by atoms with Crippen LogP contribution in [0.4, 0.5) is 8.78 Å². The number of hydrogen-bond donors (Lipinski definition) is 0. The largest absolute Gasteiger partial charge is 0.457 e. The molecule has 0 aromatic rings. The Morgan fingerprint density at radius 3 is 2.60 bits per heavy atom. The average molecular weight is 149 g/mol. The molecule has 0 unspecified atom stereocenters. The summed E-state index contributed by atoms with van der Waals surface area (Å²) in [5.74, 6) is 0. The van der Waals surface area contributed by atoms with Gasteiger partial charge in [-0.25, -0.2) is 4.79 Å². The zero-order chi connectivity index (χ0) is 7.98. The highest BCUT2D eigenvalue weighted by atomic mass is 19.3. The molecule has 0 aliphatic carbocycles. The van der Waals surface area contributed by atoms with E-state index in [0.29, 0.717) is 0 Å². The summed E-state index contributed by atoms with van der Waals surface area (Å²) >= 11 is 0. The van der Waals surface area contributed by atoms with Gasteiger partial charge in [0.15, 0.2) is 0 Å². The van der Waals surface area contributed by atoms with Crippen LogP contribution in [0.15, 0.2) is 11.7 Å². The summed E-state index contributed by atoms with van der Waals surface area (Å²) < 4.78 is 27.2. The zero-order valence-corrected chi connectivity index (χ0v) is 5.49. The maximum Gasteiger partial charge on any atom is 0.417 e. The second-order valence-corrected chi connectivity index (χ2v) is 1.72. The third kappa shape index (κ3) is 4.00. The molecule has 0 heterocycles. The fraction of sp³-hybridized carbons (Fsp3) is 0.500. The number of rotatable bonds is 4. The maximum absolute atomic E-state index is 11.6. The Morgan fingerprint density at radius 1 is 1.60 bits per heavy atom. The summed E-state index contributed by atoms with van der Waals surface area (Å²) in [5.41, 5.74) is -0.0600. The van der Waals surface area contributed by atoms with Gasteiger partial charge in [0.05, 0.1) is 6.61 Å². The Kier molecular flexibility index (Phi) is 4.45. The number of hydrogen-bond acceptors (Lipinski definition) is 2. The van der Waals surface area contributed by atoms with Crippen molar-refractivity contribution in [1.82, 2.24) is 0 Å². The smallest absolute Gasteiger partial charge is 0.417 e. The lowest BCUT2D eigenvalue weighted by Crippen LogP contribution is -1.92. The maximum atomic E-state index is 11.6. The number of carbonyl (C=O) groups excluding carboxylic acids is 1. The molecule has 0 aromatic carbocycles. The molecule has 0 aliphatic rings. The van der Waals surface area contributed by atoms with E-state index < -0.39 is 6.08 Å². The Labute approximate surface area is 57.5 Å². The quantitative estimate of drug-likeness (QED) is 0.568. The minimum absolute atomic E-state index is 0.0350. The van der Waals surface area contributed by atoms with Gasteiger partial charge in [-0.1, -0.05) is 0 Å². The average Bonchev–Trinajstić information content (AvgIpc) is 1.88. The topological polar surface area (TPSA) is 26.3 Å². The minimum atomic E-state index is -1.71. The first-order valence-electron chi connectivity index (χ1n) is 2.68. The Morgan fingerprint density at radius 2 is 2.20 bits per heavy atom. The highest BCUT2D eigenvalue weighted by Crippen LogP contribution is 2.09. The monoisotopic (exact) mass is 149 g/mol. The van der Waals surface area contributed by atoms with Gasteiger partial charge in [0.1, 0.15) is 0 Å². The van der Waals surface area contributed by atoms with Gasteiger partial charge in [-0.3, -0.25) is 0 Å². The molecular weight excluding hydrogens is 142 g/mol. The van der Waals surface area contributed by atoms with E-state index in [0.717, 1.165) is 6.47 Å². The van der Waals surface area contributed by atoms with Crippen LogP contribution in [0.25, 0.3) is 0 Å². The Hall–Kier alpha value is -0.930. The van der Waals surface area contributed by atoms with Gasteiger partial charge < -0.3 is 4.74 Å². The molecule has 0 aliphatic heterocycles. The summed E-state index contributed by atoms with van der Waals surface area (Å²) in [4.78, 5) is 9.41. The van der Waals surface area contributed by atoms with Crippen molar-refractivity contribution in [3.63, 3.8) is 0 Å². The molecule has 0 amide bonds. The predicted octanol–water partition coefficient (Wildman–Crippen LogP) is 1.63. The zero-order valence-electron chi connectivity index (χ0n) is 5.49. The molecule has 0 spiro atoms. The van der Waals surface area contributed by atoms with Crippen LogP contribution in [0, 0.1) is 0 Å². The fourth-order valence-corrected chi connectivity index (χ4v) is 0.340. The molecule has 0 saturated carbocycles. The van der Waals surface area contributed by atoms with Crippen molar-refractivity contribution in [2.75, 3.05) is 6.61 Å². The first kappa shape index (κ1) is 9.07. The minimum Gasteiger partial charge on any atom is -0.457 e. The SMILES string of the molecule is CC(CCO[C]=O)=C(F)F. The molecule has 0 N–H and O–H groups in total. The molecule has 1 radical (unpaired) electrons. The van der Waals surface area contributed by atoms with Gasteiger partial charge in [-0.2, -0.15) is 8.78 Å². The number of halogens is 2.